The standard InChI is InChI=1S/C17H14N2O4/c1-10-3-4-11(8-14(10)17(21)22)15-6-5-13(23-15)7-12(9-18)16(20)19-2/h3-8H,1-2H3,(H,19,20)(H,21,22)/b12-7-. The molecule has 1 aromatic carbocycles. The SMILES string of the molecule is CNC(=O)/C(C#N)=C\c1ccc(-c2ccc(C)c(C(=O)O)c2)o1. The molecule has 0 aliphatic rings. The number of nitrogens with one attached hydrogen (secondary N) is 1. The molecular weight excluding hydrogens is 296 g/mol. The third-order valence-corrected chi connectivity index (χ3v) is 3.26. The van der Waals surface area contributed by atoms with Gasteiger partial charge < -0.3 is 14.8 Å². The number of aryl methyl sites for hydroxylation is 1. The maximum absolute atomic E-state index is 11.5. The van der Waals surface area contributed by atoms with Gasteiger partial charge in [-0.2, -0.15) is 5.26 Å². The Hall–Kier alpha value is -3.33. The molecule has 0 radical (unpaired) electrons. The lowest BCUT2D eigenvalue weighted by atomic mass is 10.0. The van der Waals surface area contributed by atoms with E-state index in [-0.39, 0.29) is 11.1 Å². The van der Waals surface area contributed by atoms with Crippen LogP contribution in [0.1, 0.15) is 21.7 Å². The predicted octanol–water partition coefficient (Wildman–Crippen LogP) is 2.61. The van der Waals surface area contributed by atoms with Crippen LogP contribution in [0.4, 0.5) is 0 Å². The quantitative estimate of drug-likeness (QED) is 0.667. The molecular formula is C17H14N2O4. The van der Waals surface area contributed by atoms with Crippen molar-refractivity contribution in [2.24, 2.45) is 0 Å². The molecule has 6 nitrogen and oxygen atoms in total. The number of amides is 1. The third-order valence-electron chi connectivity index (χ3n) is 3.26. The summed E-state index contributed by atoms with van der Waals surface area (Å²) in [6.07, 6.45) is 1.33. The summed E-state index contributed by atoms with van der Waals surface area (Å²) in [5, 5.41) is 20.5. The summed E-state index contributed by atoms with van der Waals surface area (Å²) in [7, 11) is 1.43. The number of hydrogen-bond acceptors (Lipinski definition) is 4. The Morgan fingerprint density at radius 3 is 2.65 bits per heavy atom. The first-order valence-electron chi connectivity index (χ1n) is 6.74. The molecule has 0 saturated carbocycles. The van der Waals surface area contributed by atoms with Crippen LogP contribution in [0.2, 0.25) is 0 Å². The van der Waals surface area contributed by atoms with Crippen LogP contribution in [0, 0.1) is 18.3 Å². The Morgan fingerprint density at radius 1 is 1.30 bits per heavy atom. The Kier molecular flexibility index (Phi) is 4.62. The smallest absolute Gasteiger partial charge is 0.335 e. The van der Waals surface area contributed by atoms with Crippen molar-refractivity contribution in [2.75, 3.05) is 7.05 Å². The van der Waals surface area contributed by atoms with Crippen molar-refractivity contribution in [3.05, 3.63) is 52.8 Å². The van der Waals surface area contributed by atoms with Gasteiger partial charge >= 0.3 is 5.97 Å². The highest BCUT2D eigenvalue weighted by atomic mass is 16.4. The van der Waals surface area contributed by atoms with E-state index >= 15 is 0 Å². The highest BCUT2D eigenvalue weighted by molar-refractivity contribution is 6.01. The van der Waals surface area contributed by atoms with Crippen LogP contribution in [0.25, 0.3) is 17.4 Å². The summed E-state index contributed by atoms with van der Waals surface area (Å²) >= 11 is 0. The monoisotopic (exact) mass is 310 g/mol. The van der Waals surface area contributed by atoms with Gasteiger partial charge in [-0.3, -0.25) is 4.79 Å². The lowest BCUT2D eigenvalue weighted by Gasteiger charge is -2.03. The maximum Gasteiger partial charge on any atom is 0.335 e. The highest BCUT2D eigenvalue weighted by Gasteiger charge is 2.12. The summed E-state index contributed by atoms with van der Waals surface area (Å²) in [5.74, 6) is -0.734. The molecule has 2 rings (SSSR count). The minimum absolute atomic E-state index is 0.0801. The Labute approximate surface area is 132 Å². The summed E-state index contributed by atoms with van der Waals surface area (Å²) in [5.41, 5.74) is 1.37. The van der Waals surface area contributed by atoms with Gasteiger partial charge in [-0.15, -0.1) is 0 Å². The second-order valence-corrected chi connectivity index (χ2v) is 4.79. The minimum Gasteiger partial charge on any atom is -0.478 e. The second-order valence-electron chi connectivity index (χ2n) is 4.79. The molecule has 116 valence electrons. The van der Waals surface area contributed by atoms with Crippen LogP contribution in [0.5, 0.6) is 0 Å². The summed E-state index contributed by atoms with van der Waals surface area (Å²) in [6.45, 7) is 1.71. The molecule has 1 heterocycles. The van der Waals surface area contributed by atoms with E-state index in [1.54, 1.807) is 37.3 Å². The van der Waals surface area contributed by atoms with Gasteiger partial charge in [0, 0.05) is 18.7 Å². The van der Waals surface area contributed by atoms with Crippen LogP contribution in [0.3, 0.4) is 0 Å². The number of carboxylic acid groups (broad SMARTS) is 1. The Morgan fingerprint density at radius 2 is 2.04 bits per heavy atom. The van der Waals surface area contributed by atoms with Crippen LogP contribution < -0.4 is 5.32 Å². The maximum atomic E-state index is 11.5. The van der Waals surface area contributed by atoms with Gasteiger partial charge in [0.25, 0.3) is 5.91 Å². The fourth-order valence-electron chi connectivity index (χ4n) is 2.02. The molecule has 0 unspecified atom stereocenters. The zero-order valence-corrected chi connectivity index (χ0v) is 12.6. The number of hydrogen-bond donors (Lipinski definition) is 2. The van der Waals surface area contributed by atoms with E-state index in [1.807, 2.05) is 0 Å². The summed E-state index contributed by atoms with van der Waals surface area (Å²) in [4.78, 5) is 22.7. The molecule has 1 aromatic heterocycles. The molecule has 0 saturated heterocycles. The molecule has 6 heteroatoms. The topological polar surface area (TPSA) is 103 Å². The fourth-order valence-corrected chi connectivity index (χ4v) is 2.02. The van der Waals surface area contributed by atoms with E-state index in [1.165, 1.54) is 19.2 Å². The van der Waals surface area contributed by atoms with E-state index in [0.29, 0.717) is 22.6 Å². The first-order valence-corrected chi connectivity index (χ1v) is 6.74. The number of carboxylic acids is 1. The molecule has 0 atom stereocenters. The number of nitrogens with zero attached hydrogens (tertiary/aromatic N) is 1. The van der Waals surface area contributed by atoms with Crippen molar-refractivity contribution in [1.82, 2.24) is 5.32 Å². The van der Waals surface area contributed by atoms with Crippen molar-refractivity contribution < 1.29 is 19.1 Å². The van der Waals surface area contributed by atoms with Gasteiger partial charge in [-0.25, -0.2) is 4.79 Å². The highest BCUT2D eigenvalue weighted by Crippen LogP contribution is 2.25. The second kappa shape index (κ2) is 6.62. The van der Waals surface area contributed by atoms with Crippen molar-refractivity contribution in [2.45, 2.75) is 6.92 Å². The van der Waals surface area contributed by atoms with Crippen LogP contribution in [-0.2, 0) is 4.79 Å². The van der Waals surface area contributed by atoms with Gasteiger partial charge in [0.15, 0.2) is 0 Å². The normalized spacial score (nSPS) is 10.9. The zero-order chi connectivity index (χ0) is 17.0. The number of aromatic carboxylic acids is 1. The van der Waals surface area contributed by atoms with Gasteiger partial charge in [0.1, 0.15) is 23.2 Å². The van der Waals surface area contributed by atoms with Crippen molar-refractivity contribution in [3.8, 4) is 17.4 Å². The van der Waals surface area contributed by atoms with Gasteiger partial charge in [0.2, 0.25) is 0 Å². The van der Waals surface area contributed by atoms with Gasteiger partial charge in [-0.05, 0) is 30.7 Å². The fraction of sp³-hybridized carbons (Fsp3) is 0.118. The number of carbonyl (C=O) groups is 2. The number of rotatable bonds is 4. The van der Waals surface area contributed by atoms with E-state index in [2.05, 4.69) is 5.32 Å². The summed E-state index contributed by atoms with van der Waals surface area (Å²) < 4.78 is 5.57. The lowest BCUT2D eigenvalue weighted by Crippen LogP contribution is -2.18. The van der Waals surface area contributed by atoms with E-state index < -0.39 is 11.9 Å². The van der Waals surface area contributed by atoms with Crippen LogP contribution >= 0.6 is 0 Å². The Balaban J connectivity index is 2.39. The molecule has 0 spiro atoms. The third kappa shape index (κ3) is 3.47. The summed E-state index contributed by atoms with van der Waals surface area (Å²) in [6, 6.07) is 10.0. The van der Waals surface area contributed by atoms with Crippen molar-refractivity contribution >= 4 is 18.0 Å². The molecule has 2 N–H and O–H groups in total. The van der Waals surface area contributed by atoms with Crippen molar-refractivity contribution in [1.29, 1.82) is 5.26 Å². The first-order chi connectivity index (χ1) is 11.0. The molecule has 0 aliphatic carbocycles. The lowest BCUT2D eigenvalue weighted by molar-refractivity contribution is -0.116. The molecule has 23 heavy (non-hydrogen) atoms. The average Bonchev–Trinajstić information content (AvgIpc) is 3.00. The predicted molar refractivity (Wildman–Crippen MR) is 83.5 cm³/mol. The molecule has 0 fully saturated rings. The molecule has 0 aliphatic heterocycles. The van der Waals surface area contributed by atoms with Crippen LogP contribution in [0.15, 0.2) is 40.3 Å². The zero-order valence-electron chi connectivity index (χ0n) is 12.6. The molecule has 2 aromatic rings. The van der Waals surface area contributed by atoms with E-state index in [0.717, 1.165) is 0 Å². The molecule has 0 bridgehead atoms. The Bertz CT molecular complexity index is 841. The van der Waals surface area contributed by atoms with E-state index in [4.69, 9.17) is 14.8 Å². The number of benzene rings is 1. The van der Waals surface area contributed by atoms with Crippen molar-refractivity contribution in [3.63, 3.8) is 0 Å². The van der Waals surface area contributed by atoms with E-state index in [9.17, 15) is 9.59 Å². The minimum atomic E-state index is -1.01. The number of furan rings is 1. The van der Waals surface area contributed by atoms with Gasteiger partial charge in [0.05, 0.1) is 5.56 Å². The number of carbonyl (C=O) groups excluding carboxylic acids is 1. The largest absolute Gasteiger partial charge is 0.478 e. The number of likely N-dealkylation sites (N-methyl/N-ethyl adjacent to an activating group) is 1. The van der Waals surface area contributed by atoms with Crippen LogP contribution in [-0.4, -0.2) is 24.0 Å². The number of nitriles is 1. The van der Waals surface area contributed by atoms with Gasteiger partial charge in [-0.1, -0.05) is 12.1 Å². The average molecular weight is 310 g/mol. The molecule has 1 amide bonds. The first kappa shape index (κ1) is 16.0.